The minimum absolute atomic E-state index is 0.121. The van der Waals surface area contributed by atoms with Gasteiger partial charge in [0.25, 0.3) is 0 Å². The lowest BCUT2D eigenvalue weighted by molar-refractivity contribution is -0.124. The molecule has 1 aromatic rings. The van der Waals surface area contributed by atoms with Gasteiger partial charge in [0.05, 0.1) is 0 Å². The van der Waals surface area contributed by atoms with Crippen LogP contribution < -0.4 is 10.6 Å². The summed E-state index contributed by atoms with van der Waals surface area (Å²) in [7, 11) is 0. The Labute approximate surface area is 123 Å². The molecule has 21 heavy (non-hydrogen) atoms. The second-order valence-electron chi connectivity index (χ2n) is 5.99. The number of alkyl halides is 2. The molecule has 0 aromatic heterocycles. The van der Waals surface area contributed by atoms with Crippen LogP contribution in [-0.4, -0.2) is 18.4 Å². The third kappa shape index (κ3) is 3.23. The summed E-state index contributed by atoms with van der Waals surface area (Å²) in [5.74, 6) is -3.01. The van der Waals surface area contributed by atoms with E-state index in [9.17, 15) is 13.6 Å². The average Bonchev–Trinajstić information content (AvgIpc) is 2.47. The highest BCUT2D eigenvalue weighted by Gasteiger charge is 2.37. The van der Waals surface area contributed by atoms with E-state index in [1.54, 1.807) is 0 Å². The van der Waals surface area contributed by atoms with Gasteiger partial charge in [-0.3, -0.25) is 4.79 Å². The largest absolute Gasteiger partial charge is 0.326 e. The summed E-state index contributed by atoms with van der Waals surface area (Å²) in [6.07, 6.45) is 1.13. The minimum atomic E-state index is -2.59. The number of halogens is 2. The Balaban J connectivity index is 1.68. The van der Waals surface area contributed by atoms with Crippen LogP contribution >= 0.6 is 0 Å². The van der Waals surface area contributed by atoms with E-state index >= 15 is 0 Å². The van der Waals surface area contributed by atoms with Gasteiger partial charge in [-0.25, -0.2) is 8.78 Å². The van der Waals surface area contributed by atoms with E-state index in [4.69, 9.17) is 0 Å². The lowest BCUT2D eigenvalue weighted by Crippen LogP contribution is -2.32. The molecule has 0 unspecified atom stereocenters. The van der Waals surface area contributed by atoms with Crippen molar-refractivity contribution in [1.82, 2.24) is 5.32 Å². The first kappa shape index (κ1) is 14.4. The van der Waals surface area contributed by atoms with Crippen LogP contribution in [0.15, 0.2) is 18.2 Å². The molecule has 5 heteroatoms. The topological polar surface area (TPSA) is 41.1 Å². The average molecular weight is 294 g/mol. The van der Waals surface area contributed by atoms with Gasteiger partial charge in [-0.1, -0.05) is 12.1 Å². The van der Waals surface area contributed by atoms with Gasteiger partial charge in [-0.05, 0) is 43.0 Å². The summed E-state index contributed by atoms with van der Waals surface area (Å²) >= 11 is 0. The van der Waals surface area contributed by atoms with E-state index in [0.29, 0.717) is 0 Å². The van der Waals surface area contributed by atoms with Gasteiger partial charge >= 0.3 is 0 Å². The van der Waals surface area contributed by atoms with Crippen molar-refractivity contribution < 1.29 is 13.6 Å². The molecule has 0 radical (unpaired) electrons. The molecule has 0 saturated heterocycles. The molecule has 2 aliphatic rings. The molecule has 1 amide bonds. The van der Waals surface area contributed by atoms with E-state index in [1.165, 1.54) is 5.56 Å². The molecule has 0 bridgehead atoms. The van der Waals surface area contributed by atoms with Crippen molar-refractivity contribution in [1.29, 1.82) is 0 Å². The summed E-state index contributed by atoms with van der Waals surface area (Å²) in [6, 6.07) is 5.91. The standard InChI is InChI=1S/C16H20F2N2O/c17-16(18)7-4-12(5-8-16)15(21)20-14-3-1-2-11-6-9-19-10-13(11)14/h1-3,12,19H,4-10H2,(H,20,21). The molecule has 1 heterocycles. The first-order chi connectivity index (χ1) is 10.1. The van der Waals surface area contributed by atoms with Gasteiger partial charge in [0.1, 0.15) is 0 Å². The number of hydrogen-bond acceptors (Lipinski definition) is 2. The van der Waals surface area contributed by atoms with Crippen molar-refractivity contribution in [3.8, 4) is 0 Å². The zero-order chi connectivity index (χ0) is 14.9. The SMILES string of the molecule is O=C(Nc1cccc2c1CNCC2)C1CCC(F)(F)CC1. The number of rotatable bonds is 2. The second-order valence-corrected chi connectivity index (χ2v) is 5.99. The van der Waals surface area contributed by atoms with Crippen LogP contribution in [-0.2, 0) is 17.8 Å². The molecule has 0 atom stereocenters. The van der Waals surface area contributed by atoms with Crippen LogP contribution in [0.2, 0.25) is 0 Å². The normalized spacial score (nSPS) is 21.6. The van der Waals surface area contributed by atoms with Crippen molar-refractivity contribution in [2.24, 2.45) is 5.92 Å². The van der Waals surface area contributed by atoms with Crippen LogP contribution in [0.4, 0.5) is 14.5 Å². The Morgan fingerprint density at radius 2 is 2.05 bits per heavy atom. The monoisotopic (exact) mass is 294 g/mol. The van der Waals surface area contributed by atoms with Gasteiger partial charge in [0.15, 0.2) is 0 Å². The molecule has 1 aliphatic carbocycles. The maximum atomic E-state index is 13.2. The van der Waals surface area contributed by atoms with Crippen molar-refractivity contribution in [3.63, 3.8) is 0 Å². The Hall–Kier alpha value is -1.49. The third-order valence-electron chi connectivity index (χ3n) is 4.49. The molecule has 1 aliphatic heterocycles. The van der Waals surface area contributed by atoms with Crippen LogP contribution in [0.5, 0.6) is 0 Å². The highest BCUT2D eigenvalue weighted by molar-refractivity contribution is 5.93. The number of carbonyl (C=O) groups is 1. The molecule has 3 nitrogen and oxygen atoms in total. The number of benzene rings is 1. The van der Waals surface area contributed by atoms with Gasteiger partial charge in [0, 0.05) is 31.0 Å². The number of amides is 1. The van der Waals surface area contributed by atoms with Crippen LogP contribution in [0.25, 0.3) is 0 Å². The fourth-order valence-electron chi connectivity index (χ4n) is 3.17. The van der Waals surface area contributed by atoms with Gasteiger partial charge in [-0.2, -0.15) is 0 Å². The highest BCUT2D eigenvalue weighted by Crippen LogP contribution is 2.36. The lowest BCUT2D eigenvalue weighted by atomic mass is 9.86. The number of anilines is 1. The Bertz CT molecular complexity index is 535. The summed E-state index contributed by atoms with van der Waals surface area (Å²) < 4.78 is 26.3. The molecule has 1 fully saturated rings. The quantitative estimate of drug-likeness (QED) is 0.880. The predicted molar refractivity (Wildman–Crippen MR) is 77.4 cm³/mol. The number of fused-ring (bicyclic) bond motifs is 1. The Morgan fingerprint density at radius 3 is 2.81 bits per heavy atom. The molecule has 0 spiro atoms. The number of nitrogens with one attached hydrogen (secondary N) is 2. The summed E-state index contributed by atoms with van der Waals surface area (Å²) in [5.41, 5.74) is 3.20. The minimum Gasteiger partial charge on any atom is -0.326 e. The van der Waals surface area contributed by atoms with Gasteiger partial charge < -0.3 is 10.6 Å². The molecule has 114 valence electrons. The van der Waals surface area contributed by atoms with E-state index in [2.05, 4.69) is 16.7 Å². The van der Waals surface area contributed by atoms with Gasteiger partial charge in [0.2, 0.25) is 11.8 Å². The highest BCUT2D eigenvalue weighted by atomic mass is 19.3. The van der Waals surface area contributed by atoms with Crippen LogP contribution in [0.3, 0.4) is 0 Å². The van der Waals surface area contributed by atoms with E-state index in [-0.39, 0.29) is 37.5 Å². The lowest BCUT2D eigenvalue weighted by Gasteiger charge is -2.28. The third-order valence-corrected chi connectivity index (χ3v) is 4.49. The van der Waals surface area contributed by atoms with Gasteiger partial charge in [-0.15, -0.1) is 0 Å². The van der Waals surface area contributed by atoms with Crippen molar-refractivity contribution >= 4 is 11.6 Å². The molecule has 1 saturated carbocycles. The van der Waals surface area contributed by atoms with Crippen molar-refractivity contribution in [2.45, 2.75) is 44.6 Å². The van der Waals surface area contributed by atoms with Crippen LogP contribution in [0.1, 0.15) is 36.8 Å². The van der Waals surface area contributed by atoms with E-state index in [1.807, 2.05) is 12.1 Å². The maximum absolute atomic E-state index is 13.2. The van der Waals surface area contributed by atoms with E-state index in [0.717, 1.165) is 30.8 Å². The zero-order valence-electron chi connectivity index (χ0n) is 11.9. The van der Waals surface area contributed by atoms with E-state index < -0.39 is 5.92 Å². The maximum Gasteiger partial charge on any atom is 0.248 e. The fraction of sp³-hybridized carbons (Fsp3) is 0.562. The Morgan fingerprint density at radius 1 is 1.29 bits per heavy atom. The predicted octanol–water partition coefficient (Wildman–Crippen LogP) is 3.10. The first-order valence-electron chi connectivity index (χ1n) is 7.55. The molecule has 3 rings (SSSR count). The van der Waals surface area contributed by atoms with Crippen molar-refractivity contribution in [3.05, 3.63) is 29.3 Å². The smallest absolute Gasteiger partial charge is 0.248 e. The summed E-state index contributed by atoms with van der Waals surface area (Å²) in [5, 5.41) is 6.24. The molecular formula is C16H20F2N2O. The Kier molecular flexibility index (Phi) is 3.93. The molecule has 1 aromatic carbocycles. The van der Waals surface area contributed by atoms with Crippen molar-refractivity contribution in [2.75, 3.05) is 11.9 Å². The first-order valence-corrected chi connectivity index (χ1v) is 7.55. The molecule has 2 N–H and O–H groups in total. The number of carbonyl (C=O) groups excluding carboxylic acids is 1. The summed E-state index contributed by atoms with van der Waals surface area (Å²) in [6.45, 7) is 1.69. The van der Waals surface area contributed by atoms with Crippen LogP contribution in [0, 0.1) is 5.92 Å². The fourth-order valence-corrected chi connectivity index (χ4v) is 3.17. The number of hydrogen-bond donors (Lipinski definition) is 2. The molecular weight excluding hydrogens is 274 g/mol. The second kappa shape index (κ2) is 5.72. The zero-order valence-corrected chi connectivity index (χ0v) is 11.9. The summed E-state index contributed by atoms with van der Waals surface area (Å²) in [4.78, 5) is 12.3.